The van der Waals surface area contributed by atoms with Gasteiger partial charge in [0.05, 0.1) is 6.10 Å². The van der Waals surface area contributed by atoms with E-state index < -0.39 is 0 Å². The second kappa shape index (κ2) is 4.08. The van der Waals surface area contributed by atoms with E-state index in [1.807, 2.05) is 6.92 Å². The lowest BCUT2D eigenvalue weighted by Gasteiger charge is -2.31. The highest BCUT2D eigenvalue weighted by Gasteiger charge is 2.26. The second-order valence-electron chi connectivity index (χ2n) is 4.41. The summed E-state index contributed by atoms with van der Waals surface area (Å²) in [5, 5.41) is 9.75. The van der Waals surface area contributed by atoms with Gasteiger partial charge in [-0.2, -0.15) is 0 Å². The fraction of sp³-hybridized carbons (Fsp3) is 0.818. The number of hydrogen-bond donors (Lipinski definition) is 1. The summed E-state index contributed by atoms with van der Waals surface area (Å²) in [6, 6.07) is 0. The third-order valence-corrected chi connectivity index (χ3v) is 2.83. The lowest BCUT2D eigenvalue weighted by atomic mass is 9.78. The van der Waals surface area contributed by atoms with Crippen LogP contribution in [-0.2, 0) is 0 Å². The largest absolute Gasteiger partial charge is 0.393 e. The summed E-state index contributed by atoms with van der Waals surface area (Å²) in [7, 11) is 0. The van der Waals surface area contributed by atoms with Crippen molar-refractivity contribution in [3.63, 3.8) is 0 Å². The quantitative estimate of drug-likeness (QED) is 0.629. The van der Waals surface area contributed by atoms with Crippen LogP contribution in [0.4, 0.5) is 0 Å². The molecule has 1 saturated carbocycles. The Morgan fingerprint density at radius 2 is 2.17 bits per heavy atom. The molecule has 0 unspecified atom stereocenters. The average molecular weight is 168 g/mol. The van der Waals surface area contributed by atoms with E-state index in [-0.39, 0.29) is 6.10 Å². The molecule has 0 aliphatic heterocycles. The summed E-state index contributed by atoms with van der Waals surface area (Å²) in [6.07, 6.45) is 4.36. The Balaban J connectivity index is 2.39. The maximum Gasteiger partial charge on any atom is 0.0574 e. The standard InChI is InChI=1S/C11H20O/c1-8(2)6-10-5-4-9(3)7-11(10)12/h9-12H,1,4-7H2,2-3H3/t9-,10+,11-/m1/s1. The number of allylic oxidation sites excluding steroid dienone is 1. The molecule has 12 heavy (non-hydrogen) atoms. The molecule has 0 aromatic heterocycles. The molecule has 0 saturated heterocycles. The van der Waals surface area contributed by atoms with Gasteiger partial charge in [-0.15, -0.1) is 6.58 Å². The van der Waals surface area contributed by atoms with Crippen molar-refractivity contribution in [2.45, 2.75) is 45.6 Å². The highest BCUT2D eigenvalue weighted by Crippen LogP contribution is 2.32. The summed E-state index contributed by atoms with van der Waals surface area (Å²) in [5.41, 5.74) is 1.20. The molecule has 1 N–H and O–H groups in total. The van der Waals surface area contributed by atoms with Crippen molar-refractivity contribution < 1.29 is 5.11 Å². The van der Waals surface area contributed by atoms with E-state index in [2.05, 4.69) is 13.5 Å². The molecule has 1 aliphatic carbocycles. The van der Waals surface area contributed by atoms with Gasteiger partial charge in [-0.25, -0.2) is 0 Å². The minimum absolute atomic E-state index is 0.0783. The van der Waals surface area contributed by atoms with Crippen LogP contribution in [0.2, 0.25) is 0 Å². The van der Waals surface area contributed by atoms with Gasteiger partial charge in [0.2, 0.25) is 0 Å². The zero-order valence-corrected chi connectivity index (χ0v) is 8.21. The van der Waals surface area contributed by atoms with E-state index in [1.54, 1.807) is 0 Å². The molecule has 1 heteroatoms. The molecule has 0 aromatic rings. The van der Waals surface area contributed by atoms with Gasteiger partial charge in [-0.1, -0.05) is 18.9 Å². The molecule has 70 valence electrons. The van der Waals surface area contributed by atoms with Crippen LogP contribution in [0.3, 0.4) is 0 Å². The number of rotatable bonds is 2. The Morgan fingerprint density at radius 3 is 2.67 bits per heavy atom. The molecular formula is C11H20O. The Hall–Kier alpha value is -0.300. The topological polar surface area (TPSA) is 20.2 Å². The van der Waals surface area contributed by atoms with Crippen LogP contribution in [0.15, 0.2) is 12.2 Å². The summed E-state index contributed by atoms with van der Waals surface area (Å²) in [6.45, 7) is 8.16. The van der Waals surface area contributed by atoms with Crippen molar-refractivity contribution in [3.05, 3.63) is 12.2 Å². The Kier molecular flexibility index (Phi) is 3.33. The lowest BCUT2D eigenvalue weighted by molar-refractivity contribution is 0.0491. The van der Waals surface area contributed by atoms with Crippen molar-refractivity contribution in [3.8, 4) is 0 Å². The maximum atomic E-state index is 9.75. The van der Waals surface area contributed by atoms with Crippen molar-refractivity contribution in [2.75, 3.05) is 0 Å². The first-order chi connectivity index (χ1) is 5.59. The first-order valence-corrected chi connectivity index (χ1v) is 4.92. The van der Waals surface area contributed by atoms with E-state index >= 15 is 0 Å². The molecule has 0 aromatic carbocycles. The van der Waals surface area contributed by atoms with E-state index in [1.165, 1.54) is 18.4 Å². The first-order valence-electron chi connectivity index (χ1n) is 4.92. The molecule has 0 radical (unpaired) electrons. The highest BCUT2D eigenvalue weighted by atomic mass is 16.3. The second-order valence-corrected chi connectivity index (χ2v) is 4.41. The van der Waals surface area contributed by atoms with Gasteiger partial charge in [-0.05, 0) is 38.0 Å². The fourth-order valence-corrected chi connectivity index (χ4v) is 2.10. The van der Waals surface area contributed by atoms with E-state index in [9.17, 15) is 5.11 Å². The van der Waals surface area contributed by atoms with Crippen molar-refractivity contribution in [2.24, 2.45) is 11.8 Å². The van der Waals surface area contributed by atoms with Gasteiger partial charge in [0.15, 0.2) is 0 Å². The lowest BCUT2D eigenvalue weighted by Crippen LogP contribution is -2.28. The monoisotopic (exact) mass is 168 g/mol. The zero-order valence-electron chi connectivity index (χ0n) is 8.21. The van der Waals surface area contributed by atoms with Crippen molar-refractivity contribution in [1.82, 2.24) is 0 Å². The summed E-state index contributed by atoms with van der Waals surface area (Å²) < 4.78 is 0. The SMILES string of the molecule is C=C(C)C[C@@H]1CC[C@@H](C)C[C@H]1O. The Morgan fingerprint density at radius 1 is 1.50 bits per heavy atom. The highest BCUT2D eigenvalue weighted by molar-refractivity contribution is 4.93. The van der Waals surface area contributed by atoms with Gasteiger partial charge >= 0.3 is 0 Å². The van der Waals surface area contributed by atoms with Crippen molar-refractivity contribution in [1.29, 1.82) is 0 Å². The molecule has 1 nitrogen and oxygen atoms in total. The summed E-state index contributed by atoms with van der Waals surface area (Å²) in [4.78, 5) is 0. The van der Waals surface area contributed by atoms with E-state index in [0.717, 1.165) is 12.8 Å². The maximum absolute atomic E-state index is 9.75. The molecular weight excluding hydrogens is 148 g/mol. The molecule has 0 bridgehead atoms. The predicted molar refractivity (Wildman–Crippen MR) is 51.9 cm³/mol. The first kappa shape index (κ1) is 9.79. The summed E-state index contributed by atoms with van der Waals surface area (Å²) in [5.74, 6) is 1.19. The van der Waals surface area contributed by atoms with Gasteiger partial charge in [0, 0.05) is 0 Å². The normalized spacial score (nSPS) is 36.4. The minimum Gasteiger partial charge on any atom is -0.393 e. The Labute approximate surface area is 75.5 Å². The number of aliphatic hydroxyl groups excluding tert-OH is 1. The van der Waals surface area contributed by atoms with E-state index in [4.69, 9.17) is 0 Å². The molecule has 1 aliphatic rings. The third kappa shape index (κ3) is 2.63. The van der Waals surface area contributed by atoms with E-state index in [0.29, 0.717) is 11.8 Å². The van der Waals surface area contributed by atoms with Gasteiger partial charge in [0.25, 0.3) is 0 Å². The zero-order chi connectivity index (χ0) is 9.14. The molecule has 1 fully saturated rings. The van der Waals surface area contributed by atoms with Crippen LogP contribution >= 0.6 is 0 Å². The van der Waals surface area contributed by atoms with Crippen LogP contribution < -0.4 is 0 Å². The molecule has 0 amide bonds. The smallest absolute Gasteiger partial charge is 0.0574 e. The molecule has 1 rings (SSSR count). The average Bonchev–Trinajstić information content (AvgIpc) is 1.94. The van der Waals surface area contributed by atoms with Crippen molar-refractivity contribution >= 4 is 0 Å². The fourth-order valence-electron chi connectivity index (χ4n) is 2.10. The molecule has 0 heterocycles. The van der Waals surface area contributed by atoms with Crippen LogP contribution in [-0.4, -0.2) is 11.2 Å². The van der Waals surface area contributed by atoms with Crippen LogP contribution in [0.25, 0.3) is 0 Å². The third-order valence-electron chi connectivity index (χ3n) is 2.83. The Bertz CT molecular complexity index is 162. The van der Waals surface area contributed by atoms with Gasteiger partial charge in [0.1, 0.15) is 0 Å². The van der Waals surface area contributed by atoms with Crippen LogP contribution in [0, 0.1) is 11.8 Å². The number of aliphatic hydroxyl groups is 1. The summed E-state index contributed by atoms with van der Waals surface area (Å²) >= 11 is 0. The van der Waals surface area contributed by atoms with Gasteiger partial charge in [-0.3, -0.25) is 0 Å². The van der Waals surface area contributed by atoms with Crippen LogP contribution in [0.1, 0.15) is 39.5 Å². The predicted octanol–water partition coefficient (Wildman–Crippen LogP) is 2.75. The van der Waals surface area contributed by atoms with Crippen LogP contribution in [0.5, 0.6) is 0 Å². The molecule has 0 spiro atoms. The minimum atomic E-state index is -0.0783. The number of hydrogen-bond acceptors (Lipinski definition) is 1. The molecule has 3 atom stereocenters. The van der Waals surface area contributed by atoms with Gasteiger partial charge < -0.3 is 5.11 Å².